The highest BCUT2D eigenvalue weighted by molar-refractivity contribution is 9.10. The lowest BCUT2D eigenvalue weighted by Gasteiger charge is -2.06. The van der Waals surface area contributed by atoms with Gasteiger partial charge in [0.15, 0.2) is 5.13 Å². The van der Waals surface area contributed by atoms with Crippen molar-refractivity contribution in [2.45, 2.75) is 13.8 Å². The third-order valence-electron chi connectivity index (χ3n) is 3.11. The Morgan fingerprint density at radius 3 is 2.90 bits per heavy atom. The number of fused-ring (bicyclic) bond motifs is 1. The fraction of sp³-hybridized carbons (Fsp3) is 0.188. The van der Waals surface area contributed by atoms with Crippen LogP contribution in [0.25, 0.3) is 10.2 Å². The molecule has 0 saturated carbocycles. The average molecular weight is 363 g/mol. The molecule has 1 heterocycles. The lowest BCUT2D eigenvalue weighted by atomic mass is 10.2. The van der Waals surface area contributed by atoms with Crippen molar-refractivity contribution >= 4 is 48.3 Å². The number of nitrogens with one attached hydrogen (secondary N) is 1. The average Bonchev–Trinajstić information content (AvgIpc) is 2.85. The second-order valence-corrected chi connectivity index (χ2v) is 6.61. The maximum Gasteiger partial charge on any atom is 0.188 e. The van der Waals surface area contributed by atoms with E-state index in [2.05, 4.69) is 45.3 Å². The molecule has 3 aromatic rings. The summed E-state index contributed by atoms with van der Waals surface area (Å²) in [4.78, 5) is 4.62. The van der Waals surface area contributed by atoms with E-state index in [1.807, 2.05) is 31.2 Å². The van der Waals surface area contributed by atoms with Gasteiger partial charge in [-0.3, -0.25) is 0 Å². The first kappa shape index (κ1) is 14.4. The molecule has 3 rings (SSSR count). The number of benzene rings is 2. The minimum Gasteiger partial charge on any atom is -0.494 e. The van der Waals surface area contributed by atoms with E-state index < -0.39 is 0 Å². The number of thiazole rings is 1. The molecule has 2 aromatic carbocycles. The van der Waals surface area contributed by atoms with Gasteiger partial charge >= 0.3 is 0 Å². The Morgan fingerprint density at radius 2 is 2.10 bits per heavy atom. The summed E-state index contributed by atoms with van der Waals surface area (Å²) >= 11 is 5.13. The summed E-state index contributed by atoms with van der Waals surface area (Å²) in [5, 5.41) is 4.28. The van der Waals surface area contributed by atoms with Crippen molar-refractivity contribution in [2.75, 3.05) is 11.9 Å². The molecule has 0 fully saturated rings. The van der Waals surface area contributed by atoms with Gasteiger partial charge in [-0.25, -0.2) is 4.98 Å². The maximum absolute atomic E-state index is 5.53. The molecule has 5 heteroatoms. The van der Waals surface area contributed by atoms with E-state index in [4.69, 9.17) is 4.74 Å². The van der Waals surface area contributed by atoms with Crippen LogP contribution in [0, 0.1) is 6.92 Å². The topological polar surface area (TPSA) is 34.1 Å². The number of nitrogens with zero attached hydrogens (tertiary/aromatic N) is 1. The van der Waals surface area contributed by atoms with Crippen LogP contribution in [0.5, 0.6) is 5.75 Å². The standard InChI is InChI=1S/C16H15BrN2OS/c1-3-20-12-6-7-13-15(9-12)21-16(18-13)19-14-8-11(17)5-4-10(14)2/h4-9H,3H2,1-2H3,(H,18,19). The van der Waals surface area contributed by atoms with Crippen molar-refractivity contribution in [3.63, 3.8) is 0 Å². The van der Waals surface area contributed by atoms with Gasteiger partial charge in [0.2, 0.25) is 0 Å². The monoisotopic (exact) mass is 362 g/mol. The Balaban J connectivity index is 1.92. The van der Waals surface area contributed by atoms with Gasteiger partial charge in [-0.2, -0.15) is 0 Å². The first-order valence-corrected chi connectivity index (χ1v) is 8.33. The predicted octanol–water partition coefficient (Wildman–Crippen LogP) is 5.51. The molecule has 108 valence electrons. The molecule has 1 aromatic heterocycles. The van der Waals surface area contributed by atoms with Gasteiger partial charge in [0.05, 0.1) is 16.8 Å². The highest BCUT2D eigenvalue weighted by Crippen LogP contribution is 2.32. The third kappa shape index (κ3) is 3.19. The molecular weight excluding hydrogens is 348 g/mol. The molecule has 0 saturated heterocycles. The molecule has 3 nitrogen and oxygen atoms in total. The van der Waals surface area contributed by atoms with E-state index in [0.717, 1.165) is 31.3 Å². The number of hydrogen-bond acceptors (Lipinski definition) is 4. The Hall–Kier alpha value is -1.59. The second-order valence-electron chi connectivity index (χ2n) is 4.67. The van der Waals surface area contributed by atoms with Crippen LogP contribution in [0.3, 0.4) is 0 Å². The van der Waals surface area contributed by atoms with E-state index in [0.29, 0.717) is 6.61 Å². The summed E-state index contributed by atoms with van der Waals surface area (Å²) in [7, 11) is 0. The molecule has 0 atom stereocenters. The molecule has 0 bridgehead atoms. The van der Waals surface area contributed by atoms with Crippen LogP contribution in [-0.2, 0) is 0 Å². The maximum atomic E-state index is 5.53. The van der Waals surface area contributed by atoms with E-state index in [1.165, 1.54) is 5.56 Å². The number of anilines is 2. The predicted molar refractivity (Wildman–Crippen MR) is 93.0 cm³/mol. The quantitative estimate of drug-likeness (QED) is 0.664. The van der Waals surface area contributed by atoms with Crippen molar-refractivity contribution in [2.24, 2.45) is 0 Å². The zero-order valence-electron chi connectivity index (χ0n) is 11.8. The first-order valence-electron chi connectivity index (χ1n) is 6.72. The number of halogens is 1. The van der Waals surface area contributed by atoms with Crippen molar-refractivity contribution < 1.29 is 4.74 Å². The van der Waals surface area contributed by atoms with Gasteiger partial charge in [0.25, 0.3) is 0 Å². The molecule has 0 aliphatic carbocycles. The number of aryl methyl sites for hydroxylation is 1. The van der Waals surface area contributed by atoms with E-state index >= 15 is 0 Å². The molecule has 0 radical (unpaired) electrons. The highest BCUT2D eigenvalue weighted by atomic mass is 79.9. The van der Waals surface area contributed by atoms with Gasteiger partial charge in [-0.15, -0.1) is 0 Å². The zero-order valence-corrected chi connectivity index (χ0v) is 14.2. The molecule has 0 aliphatic rings. The Bertz CT molecular complexity index is 785. The fourth-order valence-electron chi connectivity index (χ4n) is 2.06. The molecule has 0 aliphatic heterocycles. The molecule has 0 unspecified atom stereocenters. The molecule has 1 N–H and O–H groups in total. The van der Waals surface area contributed by atoms with Gasteiger partial charge in [0.1, 0.15) is 5.75 Å². The summed E-state index contributed by atoms with van der Waals surface area (Å²) in [5.41, 5.74) is 3.24. The fourth-order valence-corrected chi connectivity index (χ4v) is 3.33. The third-order valence-corrected chi connectivity index (χ3v) is 4.54. The first-order chi connectivity index (χ1) is 10.2. The molecular formula is C16H15BrN2OS. The molecule has 21 heavy (non-hydrogen) atoms. The summed E-state index contributed by atoms with van der Waals surface area (Å²) < 4.78 is 7.70. The van der Waals surface area contributed by atoms with Crippen LogP contribution in [0.4, 0.5) is 10.8 Å². The SMILES string of the molecule is CCOc1ccc2nc(Nc3cc(Br)ccc3C)sc2c1. The second kappa shape index (κ2) is 6.03. The van der Waals surface area contributed by atoms with Crippen molar-refractivity contribution in [3.8, 4) is 5.75 Å². The highest BCUT2D eigenvalue weighted by Gasteiger charge is 2.07. The van der Waals surface area contributed by atoms with Crippen molar-refractivity contribution in [1.82, 2.24) is 4.98 Å². The number of hydrogen-bond donors (Lipinski definition) is 1. The normalized spacial score (nSPS) is 10.8. The summed E-state index contributed by atoms with van der Waals surface area (Å²) in [6.45, 7) is 4.74. The Kier molecular flexibility index (Phi) is 4.12. The van der Waals surface area contributed by atoms with Gasteiger partial charge < -0.3 is 10.1 Å². The van der Waals surface area contributed by atoms with E-state index in [9.17, 15) is 0 Å². The molecule has 0 amide bonds. The van der Waals surface area contributed by atoms with Crippen LogP contribution >= 0.6 is 27.3 Å². The van der Waals surface area contributed by atoms with Crippen molar-refractivity contribution in [3.05, 3.63) is 46.4 Å². The summed E-state index contributed by atoms with van der Waals surface area (Å²) in [5.74, 6) is 0.888. The minimum atomic E-state index is 0.673. The van der Waals surface area contributed by atoms with E-state index in [-0.39, 0.29) is 0 Å². The number of ether oxygens (including phenoxy) is 1. The molecule has 0 spiro atoms. The number of aromatic nitrogens is 1. The van der Waals surface area contributed by atoms with Crippen molar-refractivity contribution in [1.29, 1.82) is 0 Å². The van der Waals surface area contributed by atoms with Crippen LogP contribution in [0.2, 0.25) is 0 Å². The summed E-state index contributed by atoms with van der Waals surface area (Å²) in [6.07, 6.45) is 0. The van der Waals surface area contributed by atoms with Gasteiger partial charge in [0, 0.05) is 10.2 Å². The summed E-state index contributed by atoms with van der Waals surface area (Å²) in [6, 6.07) is 12.2. The Labute approximate surface area is 136 Å². The van der Waals surface area contributed by atoms with Gasteiger partial charge in [-0.05, 0) is 49.7 Å². The van der Waals surface area contributed by atoms with Crippen LogP contribution < -0.4 is 10.1 Å². The number of rotatable bonds is 4. The lowest BCUT2D eigenvalue weighted by molar-refractivity contribution is 0.341. The zero-order chi connectivity index (χ0) is 14.8. The lowest BCUT2D eigenvalue weighted by Crippen LogP contribution is -1.92. The van der Waals surface area contributed by atoms with Crippen LogP contribution in [-0.4, -0.2) is 11.6 Å². The minimum absolute atomic E-state index is 0.673. The van der Waals surface area contributed by atoms with E-state index in [1.54, 1.807) is 11.3 Å². The van der Waals surface area contributed by atoms with Crippen LogP contribution in [0.1, 0.15) is 12.5 Å². The Morgan fingerprint density at radius 1 is 1.24 bits per heavy atom. The smallest absolute Gasteiger partial charge is 0.188 e. The van der Waals surface area contributed by atoms with Crippen LogP contribution in [0.15, 0.2) is 40.9 Å². The van der Waals surface area contributed by atoms with Gasteiger partial charge in [-0.1, -0.05) is 33.3 Å². The largest absolute Gasteiger partial charge is 0.494 e.